The van der Waals surface area contributed by atoms with Crippen molar-refractivity contribution in [3.05, 3.63) is 22.4 Å². The van der Waals surface area contributed by atoms with E-state index in [1.165, 1.54) is 62.9 Å². The number of piperazine rings is 1. The molecule has 0 bridgehead atoms. The third-order valence-electron chi connectivity index (χ3n) is 6.23. The Labute approximate surface area is 132 Å². The maximum absolute atomic E-state index is 4.02. The van der Waals surface area contributed by atoms with Crippen LogP contribution in [0.1, 0.15) is 56.7 Å². The first-order valence-corrected chi connectivity index (χ1v) is 9.61. The Morgan fingerprint density at radius 1 is 1.29 bits per heavy atom. The summed E-state index contributed by atoms with van der Waals surface area (Å²) in [4.78, 5) is 4.38. The van der Waals surface area contributed by atoms with Crippen LogP contribution in [-0.4, -0.2) is 29.1 Å². The quantitative estimate of drug-likeness (QED) is 0.907. The summed E-state index contributed by atoms with van der Waals surface area (Å²) < 4.78 is 0. The Hall–Kier alpha value is -0.380. The van der Waals surface area contributed by atoms with E-state index in [-0.39, 0.29) is 0 Å². The normalized spacial score (nSPS) is 33.4. The largest absolute Gasteiger partial charge is 0.308 e. The van der Waals surface area contributed by atoms with E-state index < -0.39 is 0 Å². The zero-order chi connectivity index (χ0) is 14.3. The van der Waals surface area contributed by atoms with Gasteiger partial charge in [-0.15, -0.1) is 11.3 Å². The van der Waals surface area contributed by atoms with Crippen molar-refractivity contribution in [3.8, 4) is 0 Å². The van der Waals surface area contributed by atoms with Gasteiger partial charge in [-0.25, -0.2) is 0 Å². The molecule has 2 aliphatic carbocycles. The van der Waals surface area contributed by atoms with Crippen LogP contribution < -0.4 is 5.32 Å². The van der Waals surface area contributed by atoms with Gasteiger partial charge in [0.25, 0.3) is 0 Å². The highest BCUT2D eigenvalue weighted by Crippen LogP contribution is 2.47. The van der Waals surface area contributed by atoms with Crippen molar-refractivity contribution in [2.45, 2.75) is 69.5 Å². The number of nitrogens with one attached hydrogen (secondary N) is 1. The summed E-state index contributed by atoms with van der Waals surface area (Å²) >= 11 is 1.92. The average Bonchev–Trinajstić information content (AvgIpc) is 3.24. The first-order valence-electron chi connectivity index (χ1n) is 8.73. The minimum absolute atomic E-state index is 0.382. The number of thiophene rings is 1. The van der Waals surface area contributed by atoms with Gasteiger partial charge in [-0.2, -0.15) is 0 Å². The second kappa shape index (κ2) is 5.36. The molecular weight excluding hydrogens is 276 g/mol. The second-order valence-electron chi connectivity index (χ2n) is 7.76. The molecule has 2 nitrogen and oxygen atoms in total. The maximum Gasteiger partial charge on any atom is 0.0338 e. The predicted molar refractivity (Wildman–Crippen MR) is 89.7 cm³/mol. The zero-order valence-corrected chi connectivity index (χ0v) is 14.1. The summed E-state index contributed by atoms with van der Waals surface area (Å²) in [5.41, 5.74) is 0.802. The number of hydrogen-bond donors (Lipinski definition) is 1. The van der Waals surface area contributed by atoms with Gasteiger partial charge in [0.15, 0.2) is 0 Å². The Bertz CT molecular complexity index is 473. The van der Waals surface area contributed by atoms with Crippen molar-refractivity contribution in [2.75, 3.05) is 13.1 Å². The molecule has 1 N–H and O–H groups in total. The molecule has 3 fully saturated rings. The van der Waals surface area contributed by atoms with Crippen molar-refractivity contribution in [1.82, 2.24) is 10.2 Å². The number of rotatable bonds is 3. The van der Waals surface area contributed by atoms with Gasteiger partial charge in [0.05, 0.1) is 0 Å². The van der Waals surface area contributed by atoms with Crippen LogP contribution >= 0.6 is 11.3 Å². The number of hydrogen-bond acceptors (Lipinski definition) is 3. The Kier molecular flexibility index (Phi) is 3.63. The van der Waals surface area contributed by atoms with E-state index in [2.05, 4.69) is 34.7 Å². The molecule has 1 spiro atoms. The van der Waals surface area contributed by atoms with Crippen LogP contribution in [0.5, 0.6) is 0 Å². The molecular formula is C18H28N2S. The molecule has 1 saturated heterocycles. The van der Waals surface area contributed by atoms with E-state index in [1.54, 1.807) is 0 Å². The summed E-state index contributed by atoms with van der Waals surface area (Å²) in [6, 6.07) is 4.51. The van der Waals surface area contributed by atoms with Crippen molar-refractivity contribution in [1.29, 1.82) is 0 Å². The molecule has 0 radical (unpaired) electrons. The molecule has 116 valence electrons. The lowest BCUT2D eigenvalue weighted by Gasteiger charge is -2.55. The zero-order valence-electron chi connectivity index (χ0n) is 13.2. The van der Waals surface area contributed by atoms with E-state index in [0.29, 0.717) is 11.1 Å². The van der Waals surface area contributed by atoms with Crippen molar-refractivity contribution >= 4 is 11.3 Å². The van der Waals surface area contributed by atoms with E-state index >= 15 is 0 Å². The lowest BCUT2D eigenvalue weighted by molar-refractivity contribution is -0.0170. The van der Waals surface area contributed by atoms with Gasteiger partial charge in [-0.05, 0) is 50.0 Å². The molecule has 0 amide bonds. The van der Waals surface area contributed by atoms with Gasteiger partial charge in [-0.3, -0.25) is 4.90 Å². The molecule has 1 unspecified atom stereocenters. The molecule has 2 saturated carbocycles. The van der Waals surface area contributed by atoms with E-state index in [9.17, 15) is 0 Å². The highest BCUT2D eigenvalue weighted by Gasteiger charge is 2.51. The first kappa shape index (κ1) is 14.2. The standard InChI is InChI=1S/C18H28N2S/c1-17(15-7-8-15)13-19-18(9-3-2-4-10-18)14-20(17)12-16-6-5-11-21-16/h5-6,11,15,19H,2-4,7-10,12-14H2,1H3. The van der Waals surface area contributed by atoms with E-state index in [0.717, 1.165) is 12.5 Å². The van der Waals surface area contributed by atoms with Gasteiger partial charge in [0.2, 0.25) is 0 Å². The summed E-state index contributed by atoms with van der Waals surface area (Å²) in [5, 5.41) is 6.24. The van der Waals surface area contributed by atoms with Crippen molar-refractivity contribution < 1.29 is 0 Å². The second-order valence-corrected chi connectivity index (χ2v) is 8.79. The number of nitrogens with zero attached hydrogens (tertiary/aromatic N) is 1. The topological polar surface area (TPSA) is 15.3 Å². The molecule has 2 heterocycles. The fraction of sp³-hybridized carbons (Fsp3) is 0.778. The Morgan fingerprint density at radius 3 is 2.76 bits per heavy atom. The minimum atomic E-state index is 0.382. The Balaban J connectivity index is 1.56. The lowest BCUT2D eigenvalue weighted by Crippen LogP contribution is -2.69. The Morgan fingerprint density at radius 2 is 2.10 bits per heavy atom. The molecule has 4 rings (SSSR count). The van der Waals surface area contributed by atoms with E-state index in [4.69, 9.17) is 0 Å². The first-order chi connectivity index (χ1) is 10.2. The summed E-state index contributed by atoms with van der Waals surface area (Å²) in [6.45, 7) is 6.13. The van der Waals surface area contributed by atoms with Crippen molar-refractivity contribution in [3.63, 3.8) is 0 Å². The monoisotopic (exact) mass is 304 g/mol. The predicted octanol–water partition coefficient (Wildman–Crippen LogP) is 4.02. The van der Waals surface area contributed by atoms with Crippen LogP contribution in [0.4, 0.5) is 0 Å². The fourth-order valence-corrected chi connectivity index (χ4v) is 5.30. The smallest absolute Gasteiger partial charge is 0.0338 e. The third kappa shape index (κ3) is 2.69. The average molecular weight is 305 g/mol. The van der Waals surface area contributed by atoms with Gasteiger partial charge in [0.1, 0.15) is 0 Å². The van der Waals surface area contributed by atoms with Crippen molar-refractivity contribution in [2.24, 2.45) is 5.92 Å². The highest BCUT2D eigenvalue weighted by atomic mass is 32.1. The lowest BCUT2D eigenvalue weighted by atomic mass is 9.76. The fourth-order valence-electron chi connectivity index (χ4n) is 4.58. The minimum Gasteiger partial charge on any atom is -0.308 e. The molecule has 1 aliphatic heterocycles. The maximum atomic E-state index is 4.02. The van der Waals surface area contributed by atoms with Crippen LogP contribution in [0.15, 0.2) is 17.5 Å². The molecule has 21 heavy (non-hydrogen) atoms. The van der Waals surface area contributed by atoms with Crippen LogP contribution in [0.25, 0.3) is 0 Å². The van der Waals surface area contributed by atoms with Gasteiger partial charge in [0, 0.05) is 35.6 Å². The summed E-state index contributed by atoms with van der Waals surface area (Å²) in [5.74, 6) is 0.922. The highest BCUT2D eigenvalue weighted by molar-refractivity contribution is 7.09. The molecule has 0 aromatic carbocycles. The van der Waals surface area contributed by atoms with Crippen LogP contribution in [0, 0.1) is 5.92 Å². The summed E-state index contributed by atoms with van der Waals surface area (Å²) in [7, 11) is 0. The van der Waals surface area contributed by atoms with Gasteiger partial charge < -0.3 is 5.32 Å². The van der Waals surface area contributed by atoms with E-state index in [1.807, 2.05) is 11.3 Å². The van der Waals surface area contributed by atoms with Gasteiger partial charge >= 0.3 is 0 Å². The molecule has 1 atom stereocenters. The van der Waals surface area contributed by atoms with Crippen LogP contribution in [-0.2, 0) is 6.54 Å². The van der Waals surface area contributed by atoms with Gasteiger partial charge in [-0.1, -0.05) is 25.3 Å². The third-order valence-corrected chi connectivity index (χ3v) is 7.09. The van der Waals surface area contributed by atoms with Crippen LogP contribution in [0.3, 0.4) is 0 Å². The molecule has 3 heteroatoms. The SMILES string of the molecule is CC1(C2CC2)CNC2(CCCCC2)CN1Cc1cccs1. The molecule has 3 aliphatic rings. The molecule has 1 aromatic rings. The summed E-state index contributed by atoms with van der Waals surface area (Å²) in [6.07, 6.45) is 9.91. The molecule has 1 aromatic heterocycles. The van der Waals surface area contributed by atoms with Crippen LogP contribution in [0.2, 0.25) is 0 Å².